The first-order valence-electron chi connectivity index (χ1n) is 6.44. The van der Waals surface area contributed by atoms with Crippen LogP contribution < -0.4 is 10.0 Å². The molecule has 0 fully saturated rings. The number of aryl methyl sites for hydroxylation is 1. The molecule has 1 aromatic heterocycles. The van der Waals surface area contributed by atoms with E-state index in [9.17, 15) is 8.42 Å². The predicted octanol–water partition coefficient (Wildman–Crippen LogP) is 0.228. The second-order valence-electron chi connectivity index (χ2n) is 4.43. The Bertz CT molecular complexity index is 472. The highest BCUT2D eigenvalue weighted by Crippen LogP contribution is 1.99. The molecule has 1 aromatic rings. The molecule has 8 heteroatoms. The Balaban J connectivity index is 2.33. The number of rotatable bonds is 9. The van der Waals surface area contributed by atoms with Crippen molar-refractivity contribution in [2.75, 3.05) is 19.6 Å². The molecule has 1 unspecified atom stereocenters. The maximum atomic E-state index is 11.9. The number of nitrogens with zero attached hydrogens (tertiary/aromatic N) is 2. The molecule has 0 aliphatic rings. The predicted molar refractivity (Wildman–Crippen MR) is 72.3 cm³/mol. The summed E-state index contributed by atoms with van der Waals surface area (Å²) >= 11 is 0. The van der Waals surface area contributed by atoms with Crippen LogP contribution in [0.25, 0.3) is 0 Å². The van der Waals surface area contributed by atoms with Crippen molar-refractivity contribution in [3.05, 3.63) is 11.7 Å². The molecule has 0 aromatic carbocycles. The van der Waals surface area contributed by atoms with Gasteiger partial charge in [-0.2, -0.15) is 4.98 Å². The number of hydrogen-bond donors (Lipinski definition) is 2. The summed E-state index contributed by atoms with van der Waals surface area (Å²) in [6, 6.07) is 0. The van der Waals surface area contributed by atoms with Crippen LogP contribution in [0.15, 0.2) is 4.52 Å². The monoisotopic (exact) mass is 290 g/mol. The summed E-state index contributed by atoms with van der Waals surface area (Å²) in [4.78, 5) is 4.01. The molecule has 19 heavy (non-hydrogen) atoms. The smallest absolute Gasteiger partial charge is 0.223 e. The molecule has 1 atom stereocenters. The lowest BCUT2D eigenvalue weighted by Gasteiger charge is -2.14. The van der Waals surface area contributed by atoms with E-state index in [-0.39, 0.29) is 6.54 Å². The minimum Gasteiger partial charge on any atom is -0.340 e. The summed E-state index contributed by atoms with van der Waals surface area (Å²) in [6.07, 6.45) is 1.41. The van der Waals surface area contributed by atoms with Crippen LogP contribution in [-0.4, -0.2) is 43.4 Å². The van der Waals surface area contributed by atoms with Crippen molar-refractivity contribution in [1.29, 1.82) is 0 Å². The van der Waals surface area contributed by atoms with Crippen LogP contribution in [0.1, 0.15) is 32.0 Å². The summed E-state index contributed by atoms with van der Waals surface area (Å²) < 4.78 is 31.2. The number of aromatic nitrogens is 2. The Morgan fingerprint density at radius 1 is 1.37 bits per heavy atom. The van der Waals surface area contributed by atoms with E-state index in [1.54, 1.807) is 13.8 Å². The summed E-state index contributed by atoms with van der Waals surface area (Å²) in [6.45, 7) is 6.97. The molecule has 0 spiro atoms. The summed E-state index contributed by atoms with van der Waals surface area (Å²) in [5.41, 5.74) is 0. The van der Waals surface area contributed by atoms with Crippen molar-refractivity contribution in [3.8, 4) is 0 Å². The maximum absolute atomic E-state index is 11.9. The summed E-state index contributed by atoms with van der Waals surface area (Å²) in [5.74, 6) is 0.993. The van der Waals surface area contributed by atoms with Crippen molar-refractivity contribution >= 4 is 10.0 Å². The number of nitrogens with one attached hydrogen (secondary N) is 2. The van der Waals surface area contributed by atoms with Gasteiger partial charge in [0.05, 0.1) is 5.25 Å². The first kappa shape index (κ1) is 16.1. The molecule has 0 saturated carbocycles. The molecule has 110 valence electrons. The molecule has 1 heterocycles. The third-order valence-electron chi connectivity index (χ3n) is 2.61. The quantitative estimate of drug-likeness (QED) is 0.632. The largest absolute Gasteiger partial charge is 0.340 e. The molecule has 7 nitrogen and oxygen atoms in total. The van der Waals surface area contributed by atoms with Gasteiger partial charge in [0.2, 0.25) is 15.9 Å². The van der Waals surface area contributed by atoms with Crippen LogP contribution in [0.2, 0.25) is 0 Å². The zero-order valence-corrected chi connectivity index (χ0v) is 12.5. The third-order valence-corrected chi connectivity index (χ3v) is 4.44. The molecule has 1 rings (SSSR count). The zero-order valence-electron chi connectivity index (χ0n) is 11.6. The molecule has 0 amide bonds. The highest BCUT2D eigenvalue weighted by atomic mass is 32.2. The van der Waals surface area contributed by atoms with Crippen molar-refractivity contribution in [3.63, 3.8) is 0 Å². The fourth-order valence-corrected chi connectivity index (χ4v) is 2.49. The minimum atomic E-state index is -3.30. The first-order valence-corrected chi connectivity index (χ1v) is 7.98. The lowest BCUT2D eigenvalue weighted by molar-refractivity contribution is 0.387. The molecular formula is C11H22N4O3S. The average Bonchev–Trinajstić information content (AvgIpc) is 2.75. The Kier molecular flexibility index (Phi) is 6.40. The Morgan fingerprint density at radius 2 is 2.11 bits per heavy atom. The molecule has 0 saturated heterocycles. The van der Waals surface area contributed by atoms with E-state index in [1.165, 1.54) is 0 Å². The van der Waals surface area contributed by atoms with Crippen LogP contribution >= 0.6 is 0 Å². The Hall–Kier alpha value is -0.990. The third kappa shape index (κ3) is 5.66. The number of hydrogen-bond acceptors (Lipinski definition) is 6. The lowest BCUT2D eigenvalue weighted by atomic mass is 10.4. The number of sulfonamides is 1. The van der Waals surface area contributed by atoms with E-state index in [2.05, 4.69) is 20.2 Å². The van der Waals surface area contributed by atoms with Crippen molar-refractivity contribution in [2.45, 2.75) is 38.9 Å². The minimum absolute atomic E-state index is 0.277. The Labute approximate surface area is 114 Å². The van der Waals surface area contributed by atoms with E-state index in [1.807, 2.05) is 6.92 Å². The van der Waals surface area contributed by atoms with E-state index < -0.39 is 15.3 Å². The standard InChI is InChI=1S/C11H22N4O3S/c1-4-6-12-8-9(2)19(16,17)13-7-5-11-14-10(3)18-15-11/h9,12-13H,4-8H2,1-3H3. The maximum Gasteiger partial charge on any atom is 0.223 e. The summed E-state index contributed by atoms with van der Waals surface area (Å²) in [7, 11) is -3.30. The van der Waals surface area contributed by atoms with Gasteiger partial charge in [-0.25, -0.2) is 13.1 Å². The molecule has 0 radical (unpaired) electrons. The van der Waals surface area contributed by atoms with Gasteiger partial charge in [-0.1, -0.05) is 12.1 Å². The average molecular weight is 290 g/mol. The van der Waals surface area contributed by atoms with E-state index in [0.29, 0.717) is 24.7 Å². The van der Waals surface area contributed by atoms with Crippen LogP contribution in [0.4, 0.5) is 0 Å². The normalized spacial score (nSPS) is 13.6. The highest BCUT2D eigenvalue weighted by molar-refractivity contribution is 7.90. The fraction of sp³-hybridized carbons (Fsp3) is 0.818. The second-order valence-corrected chi connectivity index (χ2v) is 6.62. The zero-order chi connectivity index (χ0) is 14.3. The second kappa shape index (κ2) is 7.56. The van der Waals surface area contributed by atoms with E-state index in [0.717, 1.165) is 13.0 Å². The van der Waals surface area contributed by atoms with E-state index >= 15 is 0 Å². The van der Waals surface area contributed by atoms with Gasteiger partial charge in [0.1, 0.15) is 0 Å². The highest BCUT2D eigenvalue weighted by Gasteiger charge is 2.19. The van der Waals surface area contributed by atoms with Crippen LogP contribution in [0.5, 0.6) is 0 Å². The van der Waals surface area contributed by atoms with Gasteiger partial charge < -0.3 is 9.84 Å². The first-order chi connectivity index (χ1) is 8.95. The van der Waals surface area contributed by atoms with Gasteiger partial charge in [-0.05, 0) is 19.9 Å². The van der Waals surface area contributed by atoms with Gasteiger partial charge in [-0.15, -0.1) is 0 Å². The van der Waals surface area contributed by atoms with Gasteiger partial charge in [0.15, 0.2) is 5.82 Å². The van der Waals surface area contributed by atoms with E-state index in [4.69, 9.17) is 4.52 Å². The van der Waals surface area contributed by atoms with Gasteiger partial charge in [0.25, 0.3) is 0 Å². The molecule has 0 aliphatic heterocycles. The van der Waals surface area contributed by atoms with Crippen molar-refractivity contribution in [2.24, 2.45) is 0 Å². The molecule has 2 N–H and O–H groups in total. The summed E-state index contributed by atoms with van der Waals surface area (Å²) in [5, 5.41) is 6.33. The van der Waals surface area contributed by atoms with Gasteiger partial charge in [-0.3, -0.25) is 0 Å². The molecule has 0 aliphatic carbocycles. The lowest BCUT2D eigenvalue weighted by Crippen LogP contribution is -2.39. The van der Waals surface area contributed by atoms with Crippen LogP contribution in [0.3, 0.4) is 0 Å². The topological polar surface area (TPSA) is 97.1 Å². The SMILES string of the molecule is CCCNCC(C)S(=O)(=O)NCCc1noc(C)n1. The van der Waals surface area contributed by atoms with Crippen molar-refractivity contribution in [1.82, 2.24) is 20.2 Å². The molecule has 0 bridgehead atoms. The van der Waals surface area contributed by atoms with Crippen molar-refractivity contribution < 1.29 is 12.9 Å². The van der Waals surface area contributed by atoms with Crippen LogP contribution in [-0.2, 0) is 16.4 Å². The Morgan fingerprint density at radius 3 is 2.68 bits per heavy atom. The van der Waals surface area contributed by atoms with Crippen LogP contribution in [0, 0.1) is 6.92 Å². The van der Waals surface area contributed by atoms with Gasteiger partial charge >= 0.3 is 0 Å². The molecular weight excluding hydrogens is 268 g/mol. The van der Waals surface area contributed by atoms with Gasteiger partial charge in [0, 0.05) is 26.4 Å². The fourth-order valence-electron chi connectivity index (χ4n) is 1.48.